The van der Waals surface area contributed by atoms with Gasteiger partial charge in [0.1, 0.15) is 0 Å². The van der Waals surface area contributed by atoms with Gasteiger partial charge in [-0.05, 0) is 62.3 Å². The molecular weight excluding hydrogens is 232 g/mol. The monoisotopic (exact) mass is 252 g/mol. The molecule has 6 rings (SSSR count). The molecule has 1 aromatic heterocycles. The smallest absolute Gasteiger partial charge is 0.0689 e. The number of rotatable bonds is 1. The van der Waals surface area contributed by atoms with Gasteiger partial charge < -0.3 is 0 Å². The average Bonchev–Trinajstić information content (AvgIpc) is 2.81. The molecule has 98 valence electrons. The zero-order valence-electron chi connectivity index (χ0n) is 11.3. The van der Waals surface area contributed by atoms with E-state index in [9.17, 15) is 0 Å². The highest BCUT2D eigenvalue weighted by Gasteiger charge is 2.52. The molecule has 2 nitrogen and oxygen atoms in total. The standard InChI is InChI=1S/C17H20N2/c1-2-4-16-15(3-1)11-18-19(16)17-8-12-5-13(9-17)7-14(6-12)10-17/h1-4,11-14H,5-10H2. The lowest BCUT2D eigenvalue weighted by atomic mass is 9.53. The highest BCUT2D eigenvalue weighted by atomic mass is 15.3. The number of hydrogen-bond acceptors (Lipinski definition) is 1. The summed E-state index contributed by atoms with van der Waals surface area (Å²) >= 11 is 0. The van der Waals surface area contributed by atoms with Crippen LogP contribution in [0.5, 0.6) is 0 Å². The average molecular weight is 252 g/mol. The predicted molar refractivity (Wildman–Crippen MR) is 75.9 cm³/mol. The minimum absolute atomic E-state index is 0.359. The number of nitrogens with zero attached hydrogens (tertiary/aromatic N) is 2. The second-order valence-corrected chi connectivity index (χ2v) is 7.26. The molecule has 0 spiro atoms. The first kappa shape index (κ1) is 10.5. The van der Waals surface area contributed by atoms with Gasteiger partial charge >= 0.3 is 0 Å². The first-order valence-electron chi connectivity index (χ1n) is 7.76. The van der Waals surface area contributed by atoms with Crippen molar-refractivity contribution in [2.75, 3.05) is 0 Å². The molecule has 0 saturated heterocycles. The quantitative estimate of drug-likeness (QED) is 0.751. The van der Waals surface area contributed by atoms with Crippen LogP contribution in [0.2, 0.25) is 0 Å². The Morgan fingerprint density at radius 2 is 1.58 bits per heavy atom. The summed E-state index contributed by atoms with van der Waals surface area (Å²) in [4.78, 5) is 0. The fraction of sp³-hybridized carbons (Fsp3) is 0.588. The van der Waals surface area contributed by atoms with E-state index in [-0.39, 0.29) is 0 Å². The summed E-state index contributed by atoms with van der Waals surface area (Å²) < 4.78 is 2.41. The molecule has 4 saturated carbocycles. The highest BCUT2D eigenvalue weighted by molar-refractivity contribution is 5.78. The molecule has 2 heteroatoms. The van der Waals surface area contributed by atoms with E-state index in [1.807, 2.05) is 0 Å². The van der Waals surface area contributed by atoms with Gasteiger partial charge in [-0.1, -0.05) is 18.2 Å². The Morgan fingerprint density at radius 3 is 2.26 bits per heavy atom. The lowest BCUT2D eigenvalue weighted by Gasteiger charge is -2.56. The first-order chi connectivity index (χ1) is 9.32. The van der Waals surface area contributed by atoms with E-state index in [4.69, 9.17) is 5.10 Å². The third kappa shape index (κ3) is 1.35. The zero-order valence-corrected chi connectivity index (χ0v) is 11.3. The summed E-state index contributed by atoms with van der Waals surface area (Å²) in [5.41, 5.74) is 1.71. The first-order valence-corrected chi connectivity index (χ1v) is 7.76. The molecule has 0 N–H and O–H groups in total. The maximum atomic E-state index is 4.80. The number of benzene rings is 1. The summed E-state index contributed by atoms with van der Waals surface area (Å²) in [7, 11) is 0. The molecule has 0 atom stereocenters. The fourth-order valence-corrected chi connectivity index (χ4v) is 5.67. The SMILES string of the molecule is c1ccc2c(c1)cnn2C12CC3CC(CC(C3)C1)C2. The van der Waals surface area contributed by atoms with Gasteiger partial charge in [-0.25, -0.2) is 0 Å². The van der Waals surface area contributed by atoms with Crippen molar-refractivity contribution in [1.29, 1.82) is 0 Å². The van der Waals surface area contributed by atoms with Crippen molar-refractivity contribution in [2.45, 2.75) is 44.1 Å². The summed E-state index contributed by atoms with van der Waals surface area (Å²) in [5.74, 6) is 2.94. The number of aromatic nitrogens is 2. The van der Waals surface area contributed by atoms with E-state index in [2.05, 4.69) is 35.1 Å². The van der Waals surface area contributed by atoms with Gasteiger partial charge in [0.25, 0.3) is 0 Å². The third-order valence-electron chi connectivity index (χ3n) is 5.93. The Balaban J connectivity index is 1.69. The molecule has 4 aliphatic rings. The molecule has 1 heterocycles. The number of para-hydroxylation sites is 1. The van der Waals surface area contributed by atoms with Gasteiger partial charge in [-0.3, -0.25) is 4.68 Å². The molecule has 0 unspecified atom stereocenters. The van der Waals surface area contributed by atoms with Crippen LogP contribution in [-0.2, 0) is 5.54 Å². The van der Waals surface area contributed by atoms with Crippen LogP contribution in [0.4, 0.5) is 0 Å². The van der Waals surface area contributed by atoms with Crippen LogP contribution in [0.3, 0.4) is 0 Å². The Bertz CT molecular complexity index is 604. The number of hydrogen-bond donors (Lipinski definition) is 0. The van der Waals surface area contributed by atoms with Crippen LogP contribution in [0.1, 0.15) is 38.5 Å². The Hall–Kier alpha value is -1.31. The van der Waals surface area contributed by atoms with E-state index in [1.54, 1.807) is 0 Å². The maximum absolute atomic E-state index is 4.80. The normalized spacial score (nSPS) is 40.1. The minimum atomic E-state index is 0.359. The van der Waals surface area contributed by atoms with Gasteiger partial charge in [-0.2, -0.15) is 5.10 Å². The molecule has 0 amide bonds. The minimum Gasteiger partial charge on any atom is -0.259 e. The Labute approximate surface area is 113 Å². The summed E-state index contributed by atoms with van der Waals surface area (Å²) in [6, 6.07) is 8.72. The van der Waals surface area contributed by atoms with Crippen LogP contribution >= 0.6 is 0 Å². The van der Waals surface area contributed by atoms with E-state index in [0.29, 0.717) is 5.54 Å². The topological polar surface area (TPSA) is 17.8 Å². The van der Waals surface area contributed by atoms with Gasteiger partial charge in [0, 0.05) is 5.39 Å². The fourth-order valence-electron chi connectivity index (χ4n) is 5.67. The van der Waals surface area contributed by atoms with Crippen molar-refractivity contribution in [1.82, 2.24) is 9.78 Å². The van der Waals surface area contributed by atoms with Crippen LogP contribution in [0.15, 0.2) is 30.5 Å². The van der Waals surface area contributed by atoms with E-state index in [0.717, 1.165) is 17.8 Å². The molecule has 19 heavy (non-hydrogen) atoms. The zero-order chi connectivity index (χ0) is 12.4. The Kier molecular flexibility index (Phi) is 1.88. The van der Waals surface area contributed by atoms with Crippen LogP contribution in [0.25, 0.3) is 10.9 Å². The molecule has 1 aromatic carbocycles. The lowest BCUT2D eigenvalue weighted by Crippen LogP contribution is -2.52. The Morgan fingerprint density at radius 1 is 0.947 bits per heavy atom. The molecular formula is C17H20N2. The van der Waals surface area contributed by atoms with E-state index < -0.39 is 0 Å². The van der Waals surface area contributed by atoms with Gasteiger partial charge in [0.2, 0.25) is 0 Å². The predicted octanol–water partition coefficient (Wildman–Crippen LogP) is 3.96. The summed E-state index contributed by atoms with van der Waals surface area (Å²) in [6.07, 6.45) is 10.7. The van der Waals surface area contributed by atoms with Crippen molar-refractivity contribution in [3.63, 3.8) is 0 Å². The van der Waals surface area contributed by atoms with E-state index in [1.165, 1.54) is 49.4 Å². The highest BCUT2D eigenvalue weighted by Crippen LogP contribution is 2.59. The van der Waals surface area contributed by atoms with E-state index >= 15 is 0 Å². The lowest BCUT2D eigenvalue weighted by molar-refractivity contribution is -0.0470. The second-order valence-electron chi connectivity index (χ2n) is 7.26. The molecule has 4 fully saturated rings. The molecule has 2 aromatic rings. The van der Waals surface area contributed by atoms with Crippen molar-refractivity contribution >= 4 is 10.9 Å². The molecule has 0 radical (unpaired) electrons. The van der Waals surface area contributed by atoms with Crippen LogP contribution in [-0.4, -0.2) is 9.78 Å². The summed E-state index contributed by atoms with van der Waals surface area (Å²) in [5, 5.41) is 6.11. The van der Waals surface area contributed by atoms with Crippen molar-refractivity contribution in [3.05, 3.63) is 30.5 Å². The van der Waals surface area contributed by atoms with Gasteiger partial charge in [-0.15, -0.1) is 0 Å². The van der Waals surface area contributed by atoms with Crippen molar-refractivity contribution < 1.29 is 0 Å². The van der Waals surface area contributed by atoms with Gasteiger partial charge in [0.15, 0.2) is 0 Å². The largest absolute Gasteiger partial charge is 0.259 e. The van der Waals surface area contributed by atoms with Crippen LogP contribution in [0, 0.1) is 17.8 Å². The third-order valence-corrected chi connectivity index (χ3v) is 5.93. The molecule has 4 bridgehead atoms. The van der Waals surface area contributed by atoms with Crippen LogP contribution < -0.4 is 0 Å². The van der Waals surface area contributed by atoms with Crippen molar-refractivity contribution in [3.8, 4) is 0 Å². The second kappa shape index (κ2) is 3.41. The molecule has 0 aliphatic heterocycles. The summed E-state index contributed by atoms with van der Waals surface area (Å²) in [6.45, 7) is 0. The molecule has 4 aliphatic carbocycles. The van der Waals surface area contributed by atoms with Gasteiger partial charge in [0.05, 0.1) is 17.3 Å². The number of fused-ring (bicyclic) bond motifs is 1. The van der Waals surface area contributed by atoms with Crippen molar-refractivity contribution in [2.24, 2.45) is 17.8 Å². The maximum Gasteiger partial charge on any atom is 0.0689 e.